The maximum atomic E-state index is 13.5. The standard InChI is InChI=1S/C28H30BrFN2O3/c1-2-3-17-31-28(34)26(18-21-7-5-4-6-8-21)32(19-22-9-11-23(29)12-10-22)27(33)20-35-25-15-13-24(30)14-16-25/h4-16,26H,2-3,17-20H2,1H3,(H,31,34)/t26-/m0/s1. The Morgan fingerprint density at radius 2 is 1.66 bits per heavy atom. The molecule has 35 heavy (non-hydrogen) atoms. The molecule has 3 rings (SSSR count). The number of unbranched alkanes of at least 4 members (excludes halogenated alkanes) is 1. The molecule has 7 heteroatoms. The molecule has 0 saturated heterocycles. The fraction of sp³-hybridized carbons (Fsp3) is 0.286. The van der Waals surface area contributed by atoms with E-state index in [1.807, 2.05) is 54.6 Å². The number of hydrogen-bond donors (Lipinski definition) is 1. The van der Waals surface area contributed by atoms with Crippen molar-refractivity contribution in [3.63, 3.8) is 0 Å². The van der Waals surface area contributed by atoms with E-state index in [4.69, 9.17) is 4.74 Å². The summed E-state index contributed by atoms with van der Waals surface area (Å²) in [6.07, 6.45) is 2.19. The van der Waals surface area contributed by atoms with Gasteiger partial charge in [-0.05, 0) is 53.9 Å². The van der Waals surface area contributed by atoms with Crippen LogP contribution in [0.2, 0.25) is 0 Å². The lowest BCUT2D eigenvalue weighted by Crippen LogP contribution is -2.51. The Hall–Kier alpha value is -3.19. The van der Waals surface area contributed by atoms with Crippen LogP contribution in [0.1, 0.15) is 30.9 Å². The van der Waals surface area contributed by atoms with Crippen molar-refractivity contribution < 1.29 is 18.7 Å². The van der Waals surface area contributed by atoms with Crippen molar-refractivity contribution in [3.8, 4) is 5.75 Å². The highest BCUT2D eigenvalue weighted by atomic mass is 79.9. The van der Waals surface area contributed by atoms with Crippen LogP contribution in [0.15, 0.2) is 83.3 Å². The number of halogens is 2. The summed E-state index contributed by atoms with van der Waals surface area (Å²) in [5, 5.41) is 2.99. The van der Waals surface area contributed by atoms with Crippen molar-refractivity contribution in [1.29, 1.82) is 0 Å². The Bertz CT molecular complexity index is 1080. The number of benzene rings is 3. The largest absolute Gasteiger partial charge is 0.484 e. The number of ether oxygens (including phenoxy) is 1. The normalized spacial score (nSPS) is 11.5. The predicted molar refractivity (Wildman–Crippen MR) is 138 cm³/mol. The van der Waals surface area contributed by atoms with E-state index in [0.29, 0.717) is 18.7 Å². The Kier molecular flexibility index (Phi) is 10.3. The Morgan fingerprint density at radius 3 is 2.31 bits per heavy atom. The average molecular weight is 541 g/mol. The van der Waals surface area contributed by atoms with E-state index in [1.165, 1.54) is 24.3 Å². The zero-order valence-electron chi connectivity index (χ0n) is 19.8. The van der Waals surface area contributed by atoms with Gasteiger partial charge in [-0.15, -0.1) is 0 Å². The van der Waals surface area contributed by atoms with Crippen molar-refractivity contribution in [3.05, 3.63) is 100 Å². The average Bonchev–Trinajstić information content (AvgIpc) is 2.87. The molecule has 0 radical (unpaired) electrons. The zero-order chi connectivity index (χ0) is 25.0. The molecule has 0 bridgehead atoms. The molecule has 0 aliphatic rings. The number of rotatable bonds is 12. The first-order valence-electron chi connectivity index (χ1n) is 11.7. The second-order valence-corrected chi connectivity index (χ2v) is 9.16. The van der Waals surface area contributed by atoms with Gasteiger partial charge in [0.15, 0.2) is 6.61 Å². The third-order valence-electron chi connectivity index (χ3n) is 5.54. The minimum absolute atomic E-state index is 0.199. The SMILES string of the molecule is CCCCNC(=O)[C@H](Cc1ccccc1)N(Cc1ccc(Br)cc1)C(=O)COc1ccc(F)cc1. The predicted octanol–water partition coefficient (Wildman–Crippen LogP) is 5.52. The molecule has 0 saturated carbocycles. The van der Waals surface area contributed by atoms with Crippen molar-refractivity contribution in [2.24, 2.45) is 0 Å². The van der Waals surface area contributed by atoms with Gasteiger partial charge in [-0.1, -0.05) is 71.7 Å². The molecule has 0 heterocycles. The minimum Gasteiger partial charge on any atom is -0.484 e. The second-order valence-electron chi connectivity index (χ2n) is 8.24. The van der Waals surface area contributed by atoms with Crippen LogP contribution in [0.5, 0.6) is 5.75 Å². The number of carbonyl (C=O) groups excluding carboxylic acids is 2. The summed E-state index contributed by atoms with van der Waals surface area (Å²) in [6, 6.07) is 22.1. The van der Waals surface area contributed by atoms with Crippen LogP contribution >= 0.6 is 15.9 Å². The Morgan fingerprint density at radius 1 is 0.971 bits per heavy atom. The van der Waals surface area contributed by atoms with Crippen molar-refractivity contribution in [2.75, 3.05) is 13.2 Å². The molecule has 3 aromatic carbocycles. The van der Waals surface area contributed by atoms with Gasteiger partial charge in [0, 0.05) is 24.0 Å². The van der Waals surface area contributed by atoms with E-state index in [2.05, 4.69) is 28.2 Å². The van der Waals surface area contributed by atoms with E-state index in [1.54, 1.807) is 4.90 Å². The fourth-order valence-corrected chi connectivity index (χ4v) is 3.87. The van der Waals surface area contributed by atoms with Crippen molar-refractivity contribution in [1.82, 2.24) is 10.2 Å². The molecular formula is C28H30BrFN2O3. The van der Waals surface area contributed by atoms with Crippen molar-refractivity contribution in [2.45, 2.75) is 38.8 Å². The highest BCUT2D eigenvalue weighted by Crippen LogP contribution is 2.18. The highest BCUT2D eigenvalue weighted by molar-refractivity contribution is 9.10. The summed E-state index contributed by atoms with van der Waals surface area (Å²) in [5.74, 6) is -0.527. The first-order valence-corrected chi connectivity index (χ1v) is 12.5. The molecule has 3 aromatic rings. The molecule has 0 spiro atoms. The maximum Gasteiger partial charge on any atom is 0.261 e. The van der Waals surface area contributed by atoms with E-state index in [-0.39, 0.29) is 30.8 Å². The summed E-state index contributed by atoms with van der Waals surface area (Å²) in [4.78, 5) is 28.4. The van der Waals surface area contributed by atoms with E-state index in [9.17, 15) is 14.0 Å². The maximum absolute atomic E-state index is 13.5. The summed E-state index contributed by atoms with van der Waals surface area (Å²) in [7, 11) is 0. The molecule has 1 atom stereocenters. The summed E-state index contributed by atoms with van der Waals surface area (Å²) in [5.41, 5.74) is 1.85. The molecule has 2 amide bonds. The van der Waals surface area contributed by atoms with Crippen LogP contribution in [-0.2, 0) is 22.6 Å². The lowest BCUT2D eigenvalue weighted by atomic mass is 10.0. The van der Waals surface area contributed by atoms with Gasteiger partial charge in [0.25, 0.3) is 5.91 Å². The van der Waals surface area contributed by atoms with E-state index >= 15 is 0 Å². The molecule has 0 aromatic heterocycles. The van der Waals surface area contributed by atoms with Gasteiger partial charge < -0.3 is 15.0 Å². The lowest BCUT2D eigenvalue weighted by Gasteiger charge is -2.31. The summed E-state index contributed by atoms with van der Waals surface area (Å²) < 4.78 is 19.8. The summed E-state index contributed by atoms with van der Waals surface area (Å²) in [6.45, 7) is 2.59. The number of hydrogen-bond acceptors (Lipinski definition) is 3. The first-order chi connectivity index (χ1) is 17.0. The van der Waals surface area contributed by atoms with Gasteiger partial charge in [-0.3, -0.25) is 9.59 Å². The molecule has 1 N–H and O–H groups in total. The van der Waals surface area contributed by atoms with Crippen LogP contribution in [0.25, 0.3) is 0 Å². The molecule has 0 aliphatic heterocycles. The van der Waals surface area contributed by atoms with Gasteiger partial charge >= 0.3 is 0 Å². The summed E-state index contributed by atoms with van der Waals surface area (Å²) >= 11 is 3.44. The molecule has 5 nitrogen and oxygen atoms in total. The highest BCUT2D eigenvalue weighted by Gasteiger charge is 2.30. The first kappa shape index (κ1) is 26.4. The number of amides is 2. The zero-order valence-corrected chi connectivity index (χ0v) is 21.3. The molecule has 0 aliphatic carbocycles. The topological polar surface area (TPSA) is 58.6 Å². The van der Waals surface area contributed by atoms with Crippen LogP contribution in [0, 0.1) is 5.82 Å². The van der Waals surface area contributed by atoms with Crippen LogP contribution < -0.4 is 10.1 Å². The molecule has 0 fully saturated rings. The monoisotopic (exact) mass is 540 g/mol. The van der Waals surface area contributed by atoms with Gasteiger partial charge in [-0.2, -0.15) is 0 Å². The Labute approximate surface area is 214 Å². The van der Waals surface area contributed by atoms with Crippen molar-refractivity contribution >= 4 is 27.7 Å². The van der Waals surface area contributed by atoms with Crippen LogP contribution in [0.3, 0.4) is 0 Å². The van der Waals surface area contributed by atoms with Crippen LogP contribution in [-0.4, -0.2) is 35.9 Å². The fourth-order valence-electron chi connectivity index (χ4n) is 3.61. The molecule has 0 unspecified atom stereocenters. The third-order valence-corrected chi connectivity index (χ3v) is 6.07. The number of carbonyl (C=O) groups is 2. The van der Waals surface area contributed by atoms with E-state index in [0.717, 1.165) is 28.4 Å². The Balaban J connectivity index is 1.86. The minimum atomic E-state index is -0.720. The van der Waals surface area contributed by atoms with Gasteiger partial charge in [-0.25, -0.2) is 4.39 Å². The molecule has 184 valence electrons. The number of nitrogens with one attached hydrogen (secondary N) is 1. The van der Waals surface area contributed by atoms with E-state index < -0.39 is 6.04 Å². The van der Waals surface area contributed by atoms with Gasteiger partial charge in [0.1, 0.15) is 17.6 Å². The van der Waals surface area contributed by atoms with Gasteiger partial charge in [0.05, 0.1) is 0 Å². The second kappa shape index (κ2) is 13.6. The van der Waals surface area contributed by atoms with Crippen LogP contribution in [0.4, 0.5) is 4.39 Å². The number of nitrogens with zero attached hydrogens (tertiary/aromatic N) is 1. The van der Waals surface area contributed by atoms with Gasteiger partial charge in [0.2, 0.25) is 5.91 Å². The smallest absolute Gasteiger partial charge is 0.261 e. The lowest BCUT2D eigenvalue weighted by molar-refractivity contribution is -0.142. The third kappa shape index (κ3) is 8.51. The molecular weight excluding hydrogens is 511 g/mol. The quantitative estimate of drug-likeness (QED) is 0.307.